The number of carbonyl (C=O) groups is 1. The third-order valence-corrected chi connectivity index (χ3v) is 2.96. The molecule has 2 unspecified atom stereocenters. The summed E-state index contributed by atoms with van der Waals surface area (Å²) >= 11 is 3.94. The van der Waals surface area contributed by atoms with Crippen LogP contribution in [0, 0.1) is 0 Å². The maximum absolute atomic E-state index is 11.7. The van der Waals surface area contributed by atoms with Crippen LogP contribution in [0.4, 0.5) is 4.79 Å². The van der Waals surface area contributed by atoms with Gasteiger partial charge in [-0.15, -0.1) is 0 Å². The molecule has 1 N–H and O–H groups in total. The molecule has 0 bridgehead atoms. The molecule has 0 aliphatic heterocycles. The van der Waals surface area contributed by atoms with Crippen molar-refractivity contribution in [3.63, 3.8) is 0 Å². The topological polar surface area (TPSA) is 43.8 Å². The Morgan fingerprint density at radius 3 is 2.29 bits per heavy atom. The number of amides is 2. The van der Waals surface area contributed by atoms with Crippen LogP contribution in [-0.2, 0) is 0 Å². The zero-order chi connectivity index (χ0) is 13.0. The number of urea groups is 1. The molecule has 0 saturated carbocycles. The van der Waals surface area contributed by atoms with Crippen molar-refractivity contribution in [3.05, 3.63) is 35.9 Å². The van der Waals surface area contributed by atoms with Crippen molar-refractivity contribution in [2.45, 2.75) is 19.1 Å². The van der Waals surface area contributed by atoms with E-state index in [1.807, 2.05) is 30.3 Å². The van der Waals surface area contributed by atoms with E-state index in [1.54, 1.807) is 21.0 Å². The molecule has 0 aliphatic carbocycles. The Bertz CT molecular complexity index is 370. The van der Waals surface area contributed by atoms with Gasteiger partial charge in [0.1, 0.15) is 0 Å². The van der Waals surface area contributed by atoms with Crippen LogP contribution in [0.15, 0.2) is 30.3 Å². The minimum Gasteiger partial charge on any atom is -0.386 e. The molecular weight excluding hydrogens is 236 g/mol. The van der Waals surface area contributed by atoms with Crippen LogP contribution < -0.4 is 0 Å². The van der Waals surface area contributed by atoms with E-state index in [2.05, 4.69) is 12.8 Å². The van der Waals surface area contributed by atoms with Gasteiger partial charge in [0.2, 0.25) is 0 Å². The summed E-state index contributed by atoms with van der Waals surface area (Å²) in [6.07, 6.45) is -0.710. The largest absolute Gasteiger partial charge is 0.386 e. The molecule has 1 aromatic carbocycles. The number of likely N-dealkylation sites (N-methyl/N-ethyl adjacent to an activating group) is 1. The third-order valence-electron chi connectivity index (χ3n) is 2.79. The van der Waals surface area contributed by atoms with Gasteiger partial charge in [0.15, 0.2) is 0 Å². The summed E-state index contributed by atoms with van der Waals surface area (Å²) in [7, 11) is 3.20. The molecule has 0 radical (unpaired) electrons. The lowest BCUT2D eigenvalue weighted by Crippen LogP contribution is -2.42. The van der Waals surface area contributed by atoms with Crippen molar-refractivity contribution in [2.24, 2.45) is 0 Å². The molecule has 0 heterocycles. The summed E-state index contributed by atoms with van der Waals surface area (Å²) < 4.78 is 1.19. The van der Waals surface area contributed by atoms with E-state index in [4.69, 9.17) is 0 Å². The van der Waals surface area contributed by atoms with Crippen LogP contribution in [-0.4, -0.2) is 40.5 Å². The normalized spacial score (nSPS) is 13.9. The highest BCUT2D eigenvalue weighted by Gasteiger charge is 2.25. The van der Waals surface area contributed by atoms with E-state index in [0.717, 1.165) is 5.56 Å². The molecule has 0 fully saturated rings. The van der Waals surface area contributed by atoms with Crippen molar-refractivity contribution in [1.29, 1.82) is 0 Å². The van der Waals surface area contributed by atoms with Gasteiger partial charge in [-0.25, -0.2) is 4.79 Å². The van der Waals surface area contributed by atoms with Gasteiger partial charge in [-0.2, -0.15) is 0 Å². The molecule has 1 rings (SSSR count). The number of thiol groups is 1. The smallest absolute Gasteiger partial charge is 0.329 e. The number of carbonyl (C=O) groups excluding carboxylic acids is 1. The van der Waals surface area contributed by atoms with Gasteiger partial charge in [0.05, 0.1) is 12.1 Å². The summed E-state index contributed by atoms with van der Waals surface area (Å²) in [4.78, 5) is 13.1. The Morgan fingerprint density at radius 1 is 1.29 bits per heavy atom. The second-order valence-electron chi connectivity index (χ2n) is 4.01. The molecule has 4 nitrogen and oxygen atoms in total. The van der Waals surface area contributed by atoms with Crippen molar-refractivity contribution < 1.29 is 9.90 Å². The van der Waals surface area contributed by atoms with Crippen LogP contribution in [0.25, 0.3) is 0 Å². The first-order valence-electron chi connectivity index (χ1n) is 5.37. The van der Waals surface area contributed by atoms with Crippen LogP contribution in [0.2, 0.25) is 0 Å². The molecular formula is C12H18N2O2S. The molecule has 0 aliphatic rings. The van der Waals surface area contributed by atoms with Gasteiger partial charge >= 0.3 is 6.03 Å². The Kier molecular flexibility index (Phi) is 4.84. The number of aliphatic hydroxyl groups excluding tert-OH is 1. The lowest BCUT2D eigenvalue weighted by molar-refractivity contribution is 0.0819. The van der Waals surface area contributed by atoms with Gasteiger partial charge in [0, 0.05) is 14.1 Å². The average Bonchev–Trinajstić information content (AvgIpc) is 2.36. The van der Waals surface area contributed by atoms with Gasteiger partial charge < -0.3 is 10.0 Å². The molecule has 0 aromatic heterocycles. The molecule has 2 atom stereocenters. The van der Waals surface area contributed by atoms with Gasteiger partial charge in [-0.3, -0.25) is 4.31 Å². The Hall–Kier alpha value is -1.20. The third kappa shape index (κ3) is 3.38. The minimum absolute atomic E-state index is 0.254. The van der Waals surface area contributed by atoms with Crippen LogP contribution in [0.1, 0.15) is 18.6 Å². The SMILES string of the molecule is CC(C(O)c1ccccc1)N(C)C(=O)N(C)S. The molecule has 0 saturated heterocycles. The highest BCUT2D eigenvalue weighted by Crippen LogP contribution is 2.20. The van der Waals surface area contributed by atoms with Gasteiger partial charge in [-0.05, 0) is 12.5 Å². The molecule has 1 aromatic rings. The van der Waals surface area contributed by atoms with Crippen molar-refractivity contribution >= 4 is 18.8 Å². The number of aliphatic hydroxyl groups is 1. The van der Waals surface area contributed by atoms with Crippen LogP contribution >= 0.6 is 12.8 Å². The number of benzene rings is 1. The van der Waals surface area contributed by atoms with Crippen molar-refractivity contribution in [2.75, 3.05) is 14.1 Å². The van der Waals surface area contributed by atoms with Crippen molar-refractivity contribution in [3.8, 4) is 0 Å². The first kappa shape index (κ1) is 13.9. The minimum atomic E-state index is -0.710. The molecule has 5 heteroatoms. The fourth-order valence-corrected chi connectivity index (χ4v) is 1.68. The average molecular weight is 254 g/mol. The highest BCUT2D eigenvalue weighted by atomic mass is 32.1. The first-order valence-corrected chi connectivity index (χ1v) is 5.77. The van der Waals surface area contributed by atoms with Crippen molar-refractivity contribution in [1.82, 2.24) is 9.21 Å². The highest BCUT2D eigenvalue weighted by molar-refractivity contribution is 7.78. The Balaban J connectivity index is 2.76. The summed E-state index contributed by atoms with van der Waals surface area (Å²) in [5.41, 5.74) is 0.793. The van der Waals surface area contributed by atoms with E-state index in [1.165, 1.54) is 9.21 Å². The fourth-order valence-electron chi connectivity index (χ4n) is 1.54. The van der Waals surface area contributed by atoms with E-state index in [0.29, 0.717) is 0 Å². The second kappa shape index (κ2) is 5.93. The summed E-state index contributed by atoms with van der Waals surface area (Å²) in [5.74, 6) is 0. The zero-order valence-electron chi connectivity index (χ0n) is 10.2. The standard InChI is InChI=1S/C12H18N2O2S/c1-9(13(2)12(16)14(3)17)11(15)10-7-5-4-6-8-10/h4-9,11,15,17H,1-3H3. The molecule has 94 valence electrons. The van der Waals surface area contributed by atoms with E-state index in [9.17, 15) is 9.90 Å². The maximum Gasteiger partial charge on any atom is 0.329 e. The number of hydrogen-bond acceptors (Lipinski definition) is 3. The quantitative estimate of drug-likeness (QED) is 0.810. The second-order valence-corrected chi connectivity index (χ2v) is 4.61. The lowest BCUT2D eigenvalue weighted by Gasteiger charge is -2.30. The summed E-state index contributed by atoms with van der Waals surface area (Å²) in [6, 6.07) is 8.70. The van der Waals surface area contributed by atoms with E-state index < -0.39 is 6.10 Å². The van der Waals surface area contributed by atoms with E-state index in [-0.39, 0.29) is 12.1 Å². The van der Waals surface area contributed by atoms with Crippen LogP contribution in [0.3, 0.4) is 0 Å². The summed E-state index contributed by atoms with van der Waals surface area (Å²) in [6.45, 7) is 1.80. The van der Waals surface area contributed by atoms with Gasteiger partial charge in [-0.1, -0.05) is 43.1 Å². The zero-order valence-corrected chi connectivity index (χ0v) is 11.1. The monoisotopic (exact) mass is 254 g/mol. The van der Waals surface area contributed by atoms with E-state index >= 15 is 0 Å². The predicted octanol–water partition coefficient (Wildman–Crippen LogP) is 1.94. The molecule has 2 amide bonds. The van der Waals surface area contributed by atoms with Crippen LogP contribution in [0.5, 0.6) is 0 Å². The Labute approximate surface area is 107 Å². The van der Waals surface area contributed by atoms with Gasteiger partial charge in [0.25, 0.3) is 0 Å². The molecule has 17 heavy (non-hydrogen) atoms. The lowest BCUT2D eigenvalue weighted by atomic mass is 10.0. The molecule has 0 spiro atoms. The number of nitrogens with zero attached hydrogens (tertiary/aromatic N) is 2. The number of rotatable bonds is 3. The summed E-state index contributed by atoms with van der Waals surface area (Å²) in [5, 5.41) is 10.2. The predicted molar refractivity (Wildman–Crippen MR) is 70.8 cm³/mol. The fraction of sp³-hybridized carbons (Fsp3) is 0.417. The first-order chi connectivity index (χ1) is 7.95. The Morgan fingerprint density at radius 2 is 1.82 bits per heavy atom. The number of hydrogen-bond donors (Lipinski definition) is 2. The maximum atomic E-state index is 11.7.